The minimum Gasteiger partial charge on any atom is -0.351 e. The molecule has 1 saturated heterocycles. The van der Waals surface area contributed by atoms with Gasteiger partial charge in [-0.1, -0.05) is 18.2 Å². The van der Waals surface area contributed by atoms with Crippen molar-refractivity contribution in [2.75, 3.05) is 39.3 Å². The van der Waals surface area contributed by atoms with Crippen molar-refractivity contribution in [3.8, 4) is 0 Å². The van der Waals surface area contributed by atoms with Gasteiger partial charge >= 0.3 is 0 Å². The Balaban J connectivity index is 0.00000261. The van der Waals surface area contributed by atoms with E-state index in [4.69, 9.17) is 0 Å². The molecule has 0 saturated carbocycles. The van der Waals surface area contributed by atoms with Crippen LogP contribution >= 0.6 is 23.7 Å². The van der Waals surface area contributed by atoms with Crippen LogP contribution < -0.4 is 10.6 Å². The molecule has 0 aliphatic carbocycles. The Kier molecular flexibility index (Phi) is 8.25. The van der Waals surface area contributed by atoms with Crippen LogP contribution in [0.25, 0.3) is 0 Å². The highest BCUT2D eigenvalue weighted by Crippen LogP contribution is 2.27. The number of carbonyl (C=O) groups is 1. The third-order valence-electron chi connectivity index (χ3n) is 4.27. The molecular weight excluding hydrogens is 406 g/mol. The van der Waals surface area contributed by atoms with Gasteiger partial charge in [0.15, 0.2) is 0 Å². The Labute approximate surface area is 170 Å². The molecule has 27 heavy (non-hydrogen) atoms. The van der Waals surface area contributed by atoms with Crippen molar-refractivity contribution < 1.29 is 13.2 Å². The van der Waals surface area contributed by atoms with Crippen LogP contribution in [-0.2, 0) is 9.84 Å². The summed E-state index contributed by atoms with van der Waals surface area (Å²) >= 11 is 1.01. The van der Waals surface area contributed by atoms with Crippen LogP contribution in [0.15, 0.2) is 51.6 Å². The van der Waals surface area contributed by atoms with Crippen LogP contribution in [0.1, 0.15) is 16.1 Å². The van der Waals surface area contributed by atoms with E-state index in [1.165, 1.54) is 6.07 Å². The van der Waals surface area contributed by atoms with E-state index in [9.17, 15) is 13.2 Å². The second kappa shape index (κ2) is 10.2. The lowest BCUT2D eigenvalue weighted by Crippen LogP contribution is -2.44. The fraction of sp³-hybridized carbons (Fsp3) is 0.389. The topological polar surface area (TPSA) is 78.5 Å². The summed E-state index contributed by atoms with van der Waals surface area (Å²) in [6.07, 6.45) is 0.881. The standard InChI is InChI=1S/C18H23N3O3S2.ClH/c22-18(20-9-4-12-21-13-10-19-11-14-21)16-7-8-17(25-16)26(23,24)15-5-2-1-3-6-15;/h1-3,5-8,19H,4,9-14H2,(H,20,22);1H. The van der Waals surface area contributed by atoms with Gasteiger partial charge in [0.2, 0.25) is 9.84 Å². The van der Waals surface area contributed by atoms with Gasteiger partial charge < -0.3 is 15.5 Å². The Morgan fingerprint density at radius 1 is 1.11 bits per heavy atom. The van der Waals surface area contributed by atoms with E-state index in [1.54, 1.807) is 36.4 Å². The summed E-state index contributed by atoms with van der Waals surface area (Å²) in [5.74, 6) is -0.218. The van der Waals surface area contributed by atoms with E-state index < -0.39 is 9.84 Å². The normalized spacial score (nSPS) is 15.1. The molecule has 6 nitrogen and oxygen atoms in total. The van der Waals surface area contributed by atoms with Gasteiger partial charge in [-0.3, -0.25) is 4.79 Å². The Hall–Kier alpha value is -1.45. The largest absolute Gasteiger partial charge is 0.351 e. The average Bonchev–Trinajstić information content (AvgIpc) is 3.18. The number of carbonyl (C=O) groups excluding carboxylic acids is 1. The molecule has 2 heterocycles. The second-order valence-electron chi connectivity index (χ2n) is 6.14. The molecule has 2 N–H and O–H groups in total. The van der Waals surface area contributed by atoms with Crippen LogP contribution in [0.5, 0.6) is 0 Å². The van der Waals surface area contributed by atoms with E-state index in [0.717, 1.165) is 50.5 Å². The molecule has 148 valence electrons. The highest BCUT2D eigenvalue weighted by Gasteiger charge is 2.21. The molecule has 0 atom stereocenters. The zero-order valence-electron chi connectivity index (χ0n) is 14.9. The van der Waals surface area contributed by atoms with Gasteiger partial charge in [-0.25, -0.2) is 8.42 Å². The third kappa shape index (κ3) is 5.76. The molecule has 1 aromatic carbocycles. The number of nitrogens with zero attached hydrogens (tertiary/aromatic N) is 1. The van der Waals surface area contributed by atoms with Crippen LogP contribution in [0, 0.1) is 0 Å². The van der Waals surface area contributed by atoms with E-state index in [2.05, 4.69) is 15.5 Å². The van der Waals surface area contributed by atoms with Gasteiger partial charge in [-0.2, -0.15) is 0 Å². The van der Waals surface area contributed by atoms with Crippen molar-refractivity contribution in [2.45, 2.75) is 15.5 Å². The number of piperazine rings is 1. The summed E-state index contributed by atoms with van der Waals surface area (Å²) in [7, 11) is -3.57. The van der Waals surface area contributed by atoms with Crippen molar-refractivity contribution in [3.63, 3.8) is 0 Å². The fourth-order valence-corrected chi connectivity index (χ4v) is 5.47. The highest BCUT2D eigenvalue weighted by atomic mass is 35.5. The minimum absolute atomic E-state index is 0. The van der Waals surface area contributed by atoms with Gasteiger partial charge in [0.05, 0.1) is 9.77 Å². The van der Waals surface area contributed by atoms with Crippen LogP contribution in [-0.4, -0.2) is 58.5 Å². The molecule has 1 fully saturated rings. The number of halogens is 1. The van der Waals surface area contributed by atoms with Crippen molar-refractivity contribution >= 4 is 39.5 Å². The third-order valence-corrected chi connectivity index (χ3v) is 7.62. The summed E-state index contributed by atoms with van der Waals surface area (Å²) < 4.78 is 25.3. The molecule has 1 aliphatic heterocycles. The lowest BCUT2D eigenvalue weighted by atomic mass is 10.3. The summed E-state index contributed by atoms with van der Waals surface area (Å²) in [6, 6.07) is 11.3. The summed E-state index contributed by atoms with van der Waals surface area (Å²) in [5.41, 5.74) is 0. The number of hydrogen-bond acceptors (Lipinski definition) is 6. The van der Waals surface area contributed by atoms with Gasteiger partial charge in [-0.05, 0) is 37.2 Å². The maximum atomic E-state index is 12.6. The highest BCUT2D eigenvalue weighted by molar-refractivity contribution is 7.93. The van der Waals surface area contributed by atoms with Crippen LogP contribution in [0.4, 0.5) is 0 Å². The molecule has 0 spiro atoms. The minimum atomic E-state index is -3.57. The summed E-state index contributed by atoms with van der Waals surface area (Å²) in [5, 5.41) is 6.19. The predicted molar refractivity (Wildman–Crippen MR) is 110 cm³/mol. The zero-order valence-corrected chi connectivity index (χ0v) is 17.3. The maximum absolute atomic E-state index is 12.6. The first-order chi connectivity index (χ1) is 12.6. The van der Waals surface area contributed by atoms with Crippen molar-refractivity contribution in [2.24, 2.45) is 0 Å². The number of nitrogens with one attached hydrogen (secondary N) is 2. The molecule has 2 aromatic rings. The molecular formula is C18H24ClN3O3S2. The quantitative estimate of drug-likeness (QED) is 0.658. The van der Waals surface area contributed by atoms with Crippen molar-refractivity contribution in [1.29, 1.82) is 0 Å². The first kappa shape index (κ1) is 21.8. The lowest BCUT2D eigenvalue weighted by molar-refractivity contribution is 0.0955. The Morgan fingerprint density at radius 2 is 1.81 bits per heavy atom. The Bertz CT molecular complexity index is 835. The van der Waals surface area contributed by atoms with Crippen LogP contribution in [0.3, 0.4) is 0 Å². The molecule has 9 heteroatoms. The summed E-state index contributed by atoms with van der Waals surface area (Å²) in [6.45, 7) is 5.65. The smallest absolute Gasteiger partial charge is 0.261 e. The molecule has 1 aliphatic rings. The van der Waals surface area contributed by atoms with E-state index >= 15 is 0 Å². The van der Waals surface area contributed by atoms with Crippen LogP contribution in [0.2, 0.25) is 0 Å². The number of thiophene rings is 1. The first-order valence-corrected chi connectivity index (χ1v) is 11.0. The summed E-state index contributed by atoms with van der Waals surface area (Å²) in [4.78, 5) is 15.3. The number of amides is 1. The van der Waals surface area contributed by atoms with E-state index in [0.29, 0.717) is 11.4 Å². The molecule has 0 unspecified atom stereocenters. The van der Waals surface area contributed by atoms with Crippen molar-refractivity contribution in [1.82, 2.24) is 15.5 Å². The van der Waals surface area contributed by atoms with Crippen molar-refractivity contribution in [3.05, 3.63) is 47.3 Å². The first-order valence-electron chi connectivity index (χ1n) is 8.68. The second-order valence-corrected chi connectivity index (χ2v) is 9.40. The maximum Gasteiger partial charge on any atom is 0.261 e. The van der Waals surface area contributed by atoms with E-state index in [-0.39, 0.29) is 27.4 Å². The SMILES string of the molecule is Cl.O=C(NCCCN1CCNCC1)c1ccc(S(=O)(=O)c2ccccc2)s1. The van der Waals surface area contributed by atoms with Gasteiger partial charge in [0.1, 0.15) is 4.21 Å². The molecule has 1 amide bonds. The van der Waals surface area contributed by atoms with E-state index in [1.807, 2.05) is 0 Å². The van der Waals surface area contributed by atoms with Gasteiger partial charge in [-0.15, -0.1) is 23.7 Å². The number of sulfone groups is 1. The Morgan fingerprint density at radius 3 is 2.52 bits per heavy atom. The number of rotatable bonds is 7. The molecule has 0 radical (unpaired) electrons. The number of benzene rings is 1. The predicted octanol–water partition coefficient (Wildman–Crippen LogP) is 2.03. The zero-order chi connectivity index (χ0) is 18.4. The molecule has 3 rings (SSSR count). The van der Waals surface area contributed by atoms with Gasteiger partial charge in [0.25, 0.3) is 5.91 Å². The molecule has 1 aromatic heterocycles. The molecule has 0 bridgehead atoms. The monoisotopic (exact) mass is 429 g/mol. The van der Waals surface area contributed by atoms with Gasteiger partial charge in [0, 0.05) is 32.7 Å². The number of hydrogen-bond donors (Lipinski definition) is 2. The lowest BCUT2D eigenvalue weighted by Gasteiger charge is -2.27. The fourth-order valence-electron chi connectivity index (χ4n) is 2.83. The average molecular weight is 430 g/mol.